The van der Waals surface area contributed by atoms with Crippen molar-refractivity contribution in [2.24, 2.45) is 0 Å². The number of amides is 1. The van der Waals surface area contributed by atoms with Crippen LogP contribution in [0.4, 0.5) is 10.7 Å². The van der Waals surface area contributed by atoms with Crippen LogP contribution in [0.25, 0.3) is 0 Å². The summed E-state index contributed by atoms with van der Waals surface area (Å²) >= 11 is 1.28. The summed E-state index contributed by atoms with van der Waals surface area (Å²) in [6.45, 7) is 2.50. The Hall–Kier alpha value is -3.33. The molecule has 1 atom stereocenters. The van der Waals surface area contributed by atoms with E-state index in [2.05, 4.69) is 10.6 Å². The Morgan fingerprint density at radius 2 is 1.90 bits per heavy atom. The van der Waals surface area contributed by atoms with Gasteiger partial charge in [0.25, 0.3) is 0 Å². The minimum atomic E-state index is -0.597. The molecule has 1 aliphatic rings. The first-order chi connectivity index (χ1) is 15.0. The maximum absolute atomic E-state index is 12.4. The third-order valence-electron chi connectivity index (χ3n) is 4.79. The van der Waals surface area contributed by atoms with Gasteiger partial charge in [-0.25, -0.2) is 4.79 Å². The Labute approximate surface area is 184 Å². The molecule has 0 aliphatic heterocycles. The van der Waals surface area contributed by atoms with Gasteiger partial charge in [0.15, 0.2) is 0 Å². The highest BCUT2D eigenvalue weighted by Gasteiger charge is 2.38. The Balaban J connectivity index is 1.72. The molecule has 0 fully saturated rings. The SMILES string of the molecule is CCOc1ccc(N/C=C\C(=O)Nc2sc3c(c2C(=O)OC)C(C(=O)OC)CC3)cc1. The van der Waals surface area contributed by atoms with Gasteiger partial charge < -0.3 is 24.8 Å². The van der Waals surface area contributed by atoms with Crippen LogP contribution in [0.5, 0.6) is 5.75 Å². The van der Waals surface area contributed by atoms with E-state index in [-0.39, 0.29) is 5.56 Å². The van der Waals surface area contributed by atoms with Crippen molar-refractivity contribution in [3.8, 4) is 5.75 Å². The van der Waals surface area contributed by atoms with E-state index in [4.69, 9.17) is 14.2 Å². The van der Waals surface area contributed by atoms with E-state index in [0.717, 1.165) is 16.3 Å². The van der Waals surface area contributed by atoms with Crippen molar-refractivity contribution in [1.82, 2.24) is 0 Å². The lowest BCUT2D eigenvalue weighted by atomic mass is 9.99. The second kappa shape index (κ2) is 10.1. The summed E-state index contributed by atoms with van der Waals surface area (Å²) in [6, 6.07) is 7.32. The Morgan fingerprint density at radius 1 is 1.16 bits per heavy atom. The second-order valence-corrected chi connectivity index (χ2v) is 7.78. The van der Waals surface area contributed by atoms with Gasteiger partial charge in [-0.3, -0.25) is 9.59 Å². The summed E-state index contributed by atoms with van der Waals surface area (Å²) in [4.78, 5) is 37.8. The molecular formula is C22H24N2O6S. The number of methoxy groups -OCH3 is 2. The van der Waals surface area contributed by atoms with Crippen molar-refractivity contribution in [2.75, 3.05) is 31.5 Å². The van der Waals surface area contributed by atoms with Crippen molar-refractivity contribution < 1.29 is 28.6 Å². The van der Waals surface area contributed by atoms with Crippen molar-refractivity contribution in [2.45, 2.75) is 25.7 Å². The molecule has 1 aliphatic carbocycles. The summed E-state index contributed by atoms with van der Waals surface area (Å²) in [5.41, 5.74) is 1.60. The first kappa shape index (κ1) is 22.4. The topological polar surface area (TPSA) is 103 Å². The smallest absolute Gasteiger partial charge is 0.341 e. The number of rotatable bonds is 8. The van der Waals surface area contributed by atoms with Crippen LogP contribution >= 0.6 is 11.3 Å². The second-order valence-electron chi connectivity index (χ2n) is 6.67. The van der Waals surface area contributed by atoms with Gasteiger partial charge in [0.1, 0.15) is 10.8 Å². The number of carbonyl (C=O) groups excluding carboxylic acids is 3. The van der Waals surface area contributed by atoms with Crippen LogP contribution in [0.3, 0.4) is 0 Å². The number of aryl methyl sites for hydroxylation is 1. The molecule has 0 saturated heterocycles. The quantitative estimate of drug-likeness (QED) is 0.473. The van der Waals surface area contributed by atoms with E-state index in [0.29, 0.717) is 30.0 Å². The summed E-state index contributed by atoms with van der Waals surface area (Å²) in [6.07, 6.45) is 4.02. The van der Waals surface area contributed by atoms with Crippen LogP contribution in [0, 0.1) is 0 Å². The number of hydrogen-bond acceptors (Lipinski definition) is 8. The van der Waals surface area contributed by atoms with Gasteiger partial charge in [-0.1, -0.05) is 0 Å². The van der Waals surface area contributed by atoms with Crippen molar-refractivity contribution in [3.05, 3.63) is 52.5 Å². The highest BCUT2D eigenvalue weighted by atomic mass is 32.1. The number of anilines is 2. The monoisotopic (exact) mass is 444 g/mol. The number of fused-ring (bicyclic) bond motifs is 1. The molecule has 9 heteroatoms. The van der Waals surface area contributed by atoms with E-state index >= 15 is 0 Å². The van der Waals surface area contributed by atoms with Gasteiger partial charge in [-0.2, -0.15) is 0 Å². The number of carbonyl (C=O) groups is 3. The van der Waals surface area contributed by atoms with Gasteiger partial charge in [0, 0.05) is 22.8 Å². The summed E-state index contributed by atoms with van der Waals surface area (Å²) < 4.78 is 15.1. The molecule has 1 amide bonds. The van der Waals surface area contributed by atoms with Crippen LogP contribution < -0.4 is 15.4 Å². The highest BCUT2D eigenvalue weighted by molar-refractivity contribution is 7.17. The lowest BCUT2D eigenvalue weighted by Gasteiger charge is -2.11. The third kappa shape index (κ3) is 5.05. The largest absolute Gasteiger partial charge is 0.494 e. The average Bonchev–Trinajstić information content (AvgIpc) is 3.32. The summed E-state index contributed by atoms with van der Waals surface area (Å²) in [7, 11) is 2.58. The molecule has 1 aromatic carbocycles. The Morgan fingerprint density at radius 3 is 2.55 bits per heavy atom. The molecule has 1 aromatic heterocycles. The fourth-order valence-electron chi connectivity index (χ4n) is 3.42. The molecule has 3 rings (SSSR count). The number of esters is 2. The summed E-state index contributed by atoms with van der Waals surface area (Å²) in [5.74, 6) is -1.19. The van der Waals surface area contributed by atoms with Gasteiger partial charge in [-0.05, 0) is 49.6 Å². The average molecular weight is 445 g/mol. The molecule has 0 radical (unpaired) electrons. The third-order valence-corrected chi connectivity index (χ3v) is 5.97. The maximum Gasteiger partial charge on any atom is 0.341 e. The molecule has 0 spiro atoms. The number of hydrogen-bond donors (Lipinski definition) is 2. The minimum absolute atomic E-state index is 0.219. The molecular weight excluding hydrogens is 420 g/mol. The van der Waals surface area contributed by atoms with Crippen LogP contribution in [0.1, 0.15) is 40.1 Å². The number of ether oxygens (including phenoxy) is 3. The molecule has 31 heavy (non-hydrogen) atoms. The van der Waals surface area contributed by atoms with Crippen molar-refractivity contribution in [1.29, 1.82) is 0 Å². The van der Waals surface area contributed by atoms with Crippen LogP contribution in [0.2, 0.25) is 0 Å². The van der Waals surface area contributed by atoms with Crippen LogP contribution in [0.15, 0.2) is 36.5 Å². The molecule has 2 N–H and O–H groups in total. The molecule has 2 aromatic rings. The zero-order valence-corrected chi connectivity index (χ0v) is 18.3. The predicted octanol–water partition coefficient (Wildman–Crippen LogP) is 3.70. The fourth-order valence-corrected chi connectivity index (χ4v) is 4.68. The molecule has 0 saturated carbocycles. The predicted molar refractivity (Wildman–Crippen MR) is 118 cm³/mol. The maximum atomic E-state index is 12.4. The normalized spacial score (nSPS) is 14.7. The van der Waals surface area contributed by atoms with Crippen molar-refractivity contribution >= 4 is 39.9 Å². The Bertz CT molecular complexity index is 996. The fraction of sp³-hybridized carbons (Fsp3) is 0.318. The van der Waals surface area contributed by atoms with E-state index < -0.39 is 23.8 Å². The molecule has 0 bridgehead atoms. The summed E-state index contributed by atoms with van der Waals surface area (Å²) in [5, 5.41) is 6.09. The molecule has 1 heterocycles. The zero-order chi connectivity index (χ0) is 22.4. The Kier molecular flexibility index (Phi) is 7.30. The minimum Gasteiger partial charge on any atom is -0.494 e. The first-order valence-electron chi connectivity index (χ1n) is 9.77. The van der Waals surface area contributed by atoms with Crippen molar-refractivity contribution in [3.63, 3.8) is 0 Å². The lowest BCUT2D eigenvalue weighted by molar-refractivity contribution is -0.142. The van der Waals surface area contributed by atoms with Gasteiger partial charge >= 0.3 is 11.9 Å². The van der Waals surface area contributed by atoms with Gasteiger partial charge in [0.05, 0.1) is 32.3 Å². The number of benzene rings is 1. The zero-order valence-electron chi connectivity index (χ0n) is 17.5. The van der Waals surface area contributed by atoms with Gasteiger partial charge in [0.2, 0.25) is 5.91 Å². The first-order valence-corrected chi connectivity index (χ1v) is 10.6. The standard InChI is InChI=1S/C22H24N2O6S/c1-4-30-14-7-5-13(6-8-14)23-12-11-17(25)24-20-19(22(27)29-3)18-15(21(26)28-2)9-10-16(18)31-20/h5-8,11-12,15,23H,4,9-10H2,1-3H3,(H,24,25)/b12-11-. The number of thiophene rings is 1. The lowest BCUT2D eigenvalue weighted by Crippen LogP contribution is -2.17. The number of nitrogens with one attached hydrogen (secondary N) is 2. The highest BCUT2D eigenvalue weighted by Crippen LogP contribution is 2.45. The van der Waals surface area contributed by atoms with E-state index in [1.807, 2.05) is 31.2 Å². The molecule has 8 nitrogen and oxygen atoms in total. The van der Waals surface area contributed by atoms with E-state index in [1.165, 1.54) is 37.8 Å². The van der Waals surface area contributed by atoms with E-state index in [1.54, 1.807) is 0 Å². The van der Waals surface area contributed by atoms with Crippen LogP contribution in [-0.2, 0) is 25.5 Å². The molecule has 164 valence electrons. The van der Waals surface area contributed by atoms with Crippen LogP contribution in [-0.4, -0.2) is 38.7 Å². The van der Waals surface area contributed by atoms with E-state index in [9.17, 15) is 14.4 Å². The van der Waals surface area contributed by atoms with Gasteiger partial charge in [-0.15, -0.1) is 11.3 Å². The molecule has 1 unspecified atom stereocenters.